The second kappa shape index (κ2) is 7.54. The predicted molar refractivity (Wildman–Crippen MR) is 87.7 cm³/mol. The lowest BCUT2D eigenvalue weighted by atomic mass is 10.1. The van der Waals surface area contributed by atoms with Crippen molar-refractivity contribution in [3.63, 3.8) is 0 Å². The summed E-state index contributed by atoms with van der Waals surface area (Å²) in [5.41, 5.74) is 1.02. The first-order valence-electron chi connectivity index (χ1n) is 7.76. The van der Waals surface area contributed by atoms with Crippen LogP contribution in [0.15, 0.2) is 55.0 Å². The van der Waals surface area contributed by atoms with Gasteiger partial charge in [0.1, 0.15) is 12.4 Å². The summed E-state index contributed by atoms with van der Waals surface area (Å²) in [4.78, 5) is 22.1. The van der Waals surface area contributed by atoms with Gasteiger partial charge in [-0.1, -0.05) is 30.3 Å². The summed E-state index contributed by atoms with van der Waals surface area (Å²) < 4.78 is 5.83. The van der Waals surface area contributed by atoms with Crippen molar-refractivity contribution >= 4 is 12.0 Å². The van der Waals surface area contributed by atoms with E-state index in [2.05, 4.69) is 9.97 Å². The molecule has 1 unspecified atom stereocenters. The van der Waals surface area contributed by atoms with Crippen molar-refractivity contribution < 1.29 is 9.53 Å². The molecule has 1 atom stereocenters. The lowest BCUT2D eigenvalue weighted by molar-refractivity contribution is -0.128. The second-order valence-electron chi connectivity index (χ2n) is 5.46. The molecule has 0 spiro atoms. The molecule has 1 aliphatic heterocycles. The van der Waals surface area contributed by atoms with Crippen LogP contribution in [0, 0.1) is 0 Å². The van der Waals surface area contributed by atoms with E-state index in [1.807, 2.05) is 41.3 Å². The van der Waals surface area contributed by atoms with E-state index < -0.39 is 0 Å². The van der Waals surface area contributed by atoms with Crippen LogP contribution >= 0.6 is 0 Å². The number of amides is 1. The number of carbonyl (C=O) groups is 1. The van der Waals surface area contributed by atoms with E-state index in [1.165, 1.54) is 6.33 Å². The quantitative estimate of drug-likeness (QED) is 0.815. The minimum atomic E-state index is -0.0206. The Labute approximate surface area is 135 Å². The number of nitrogens with zero attached hydrogens (tertiary/aromatic N) is 3. The van der Waals surface area contributed by atoms with Crippen LogP contribution in [0.1, 0.15) is 18.4 Å². The summed E-state index contributed by atoms with van der Waals surface area (Å²) in [5.74, 6) is 0.573. The molecule has 0 aliphatic carbocycles. The number of carbonyl (C=O) groups excluding carboxylic acids is 1. The maximum absolute atomic E-state index is 12.3. The molecule has 2 heterocycles. The molecule has 0 N–H and O–H groups in total. The molecule has 1 saturated heterocycles. The normalized spacial score (nSPS) is 18.1. The SMILES string of the molecule is O=C(/C=C/c1ccccc1)N1CCCC(Oc2ccncn2)C1. The number of benzene rings is 1. The molecule has 118 valence electrons. The summed E-state index contributed by atoms with van der Waals surface area (Å²) in [6, 6.07) is 11.5. The Hall–Kier alpha value is -2.69. The molecule has 23 heavy (non-hydrogen) atoms. The predicted octanol–water partition coefficient (Wildman–Crippen LogP) is 2.56. The monoisotopic (exact) mass is 309 g/mol. The van der Waals surface area contributed by atoms with E-state index in [9.17, 15) is 4.79 Å². The molecule has 3 rings (SSSR count). The fourth-order valence-electron chi connectivity index (χ4n) is 2.59. The smallest absolute Gasteiger partial charge is 0.246 e. The van der Waals surface area contributed by atoms with Crippen molar-refractivity contribution in [2.24, 2.45) is 0 Å². The van der Waals surface area contributed by atoms with E-state index in [-0.39, 0.29) is 12.0 Å². The van der Waals surface area contributed by atoms with Crippen molar-refractivity contribution in [3.05, 3.63) is 60.6 Å². The van der Waals surface area contributed by atoms with Gasteiger partial charge in [0.15, 0.2) is 0 Å². The van der Waals surface area contributed by atoms with Gasteiger partial charge in [-0.15, -0.1) is 0 Å². The van der Waals surface area contributed by atoms with Crippen LogP contribution in [0.25, 0.3) is 6.08 Å². The zero-order chi connectivity index (χ0) is 15.9. The molecular formula is C18H19N3O2. The van der Waals surface area contributed by atoms with Crippen molar-refractivity contribution in [1.29, 1.82) is 0 Å². The minimum absolute atomic E-state index is 0.0184. The molecule has 5 heteroatoms. The van der Waals surface area contributed by atoms with Crippen LogP contribution in [-0.2, 0) is 4.79 Å². The van der Waals surface area contributed by atoms with Crippen molar-refractivity contribution in [2.45, 2.75) is 18.9 Å². The lowest BCUT2D eigenvalue weighted by Gasteiger charge is -2.31. The van der Waals surface area contributed by atoms with Gasteiger partial charge >= 0.3 is 0 Å². The number of rotatable bonds is 4. The summed E-state index contributed by atoms with van der Waals surface area (Å²) in [7, 11) is 0. The number of hydrogen-bond donors (Lipinski definition) is 0. The number of piperidine rings is 1. The summed E-state index contributed by atoms with van der Waals surface area (Å²) >= 11 is 0. The highest BCUT2D eigenvalue weighted by atomic mass is 16.5. The highest BCUT2D eigenvalue weighted by Crippen LogP contribution is 2.16. The van der Waals surface area contributed by atoms with Crippen LogP contribution in [0.5, 0.6) is 5.88 Å². The van der Waals surface area contributed by atoms with Crippen LogP contribution < -0.4 is 4.74 Å². The third-order valence-electron chi connectivity index (χ3n) is 3.75. The molecule has 1 aliphatic rings. The van der Waals surface area contributed by atoms with E-state index in [4.69, 9.17) is 4.74 Å². The Kier molecular flexibility index (Phi) is 4.99. The second-order valence-corrected chi connectivity index (χ2v) is 5.46. The van der Waals surface area contributed by atoms with E-state index in [0.717, 1.165) is 24.9 Å². The molecule has 5 nitrogen and oxygen atoms in total. The summed E-state index contributed by atoms with van der Waals surface area (Å²) in [6.07, 6.45) is 8.42. The maximum Gasteiger partial charge on any atom is 0.246 e. The molecular weight excluding hydrogens is 290 g/mol. The van der Waals surface area contributed by atoms with Crippen LogP contribution in [0.3, 0.4) is 0 Å². The van der Waals surface area contributed by atoms with Crippen LogP contribution in [0.4, 0.5) is 0 Å². The van der Waals surface area contributed by atoms with E-state index in [0.29, 0.717) is 12.4 Å². The standard InChI is InChI=1S/C18H19N3O2/c22-18(9-8-15-5-2-1-3-6-15)21-12-4-7-16(13-21)23-17-10-11-19-14-20-17/h1-3,5-6,8-11,14,16H,4,7,12-13H2/b9-8+. The number of likely N-dealkylation sites (tertiary alicyclic amines) is 1. The Bertz CT molecular complexity index is 658. The van der Waals surface area contributed by atoms with Gasteiger partial charge < -0.3 is 9.64 Å². The average molecular weight is 309 g/mol. The third-order valence-corrected chi connectivity index (χ3v) is 3.75. The Morgan fingerprint density at radius 1 is 1.26 bits per heavy atom. The largest absolute Gasteiger partial charge is 0.472 e. The fourth-order valence-corrected chi connectivity index (χ4v) is 2.59. The number of ether oxygens (including phenoxy) is 1. The lowest BCUT2D eigenvalue weighted by Crippen LogP contribution is -2.43. The Morgan fingerprint density at radius 3 is 2.91 bits per heavy atom. The molecule has 2 aromatic rings. The highest BCUT2D eigenvalue weighted by Gasteiger charge is 2.23. The van der Waals surface area contributed by atoms with Gasteiger partial charge in [-0.05, 0) is 24.5 Å². The summed E-state index contributed by atoms with van der Waals surface area (Å²) in [5, 5.41) is 0. The Balaban J connectivity index is 1.57. The van der Waals surface area contributed by atoms with Crippen molar-refractivity contribution in [2.75, 3.05) is 13.1 Å². The molecule has 1 fully saturated rings. The van der Waals surface area contributed by atoms with Gasteiger partial charge in [-0.3, -0.25) is 4.79 Å². The molecule has 1 aromatic carbocycles. The average Bonchev–Trinajstić information content (AvgIpc) is 2.62. The first-order chi connectivity index (χ1) is 11.3. The van der Waals surface area contributed by atoms with Gasteiger partial charge in [0, 0.05) is 24.9 Å². The van der Waals surface area contributed by atoms with Gasteiger partial charge in [-0.25, -0.2) is 9.97 Å². The zero-order valence-electron chi connectivity index (χ0n) is 12.8. The minimum Gasteiger partial charge on any atom is -0.472 e. The summed E-state index contributed by atoms with van der Waals surface area (Å²) in [6.45, 7) is 1.35. The number of aromatic nitrogens is 2. The highest BCUT2D eigenvalue weighted by molar-refractivity contribution is 5.91. The topological polar surface area (TPSA) is 55.3 Å². The molecule has 1 aromatic heterocycles. The third kappa shape index (κ3) is 4.39. The van der Waals surface area contributed by atoms with E-state index in [1.54, 1.807) is 18.3 Å². The molecule has 1 amide bonds. The van der Waals surface area contributed by atoms with Crippen molar-refractivity contribution in [1.82, 2.24) is 14.9 Å². The zero-order valence-corrected chi connectivity index (χ0v) is 12.8. The molecule has 0 radical (unpaired) electrons. The number of hydrogen-bond acceptors (Lipinski definition) is 4. The van der Waals surface area contributed by atoms with Crippen LogP contribution in [-0.4, -0.2) is 40.0 Å². The van der Waals surface area contributed by atoms with Crippen molar-refractivity contribution in [3.8, 4) is 5.88 Å². The first-order valence-corrected chi connectivity index (χ1v) is 7.76. The maximum atomic E-state index is 12.3. The molecule has 0 saturated carbocycles. The fraction of sp³-hybridized carbons (Fsp3) is 0.278. The van der Waals surface area contributed by atoms with Gasteiger partial charge in [-0.2, -0.15) is 0 Å². The van der Waals surface area contributed by atoms with E-state index >= 15 is 0 Å². The van der Waals surface area contributed by atoms with Crippen LogP contribution in [0.2, 0.25) is 0 Å². The van der Waals surface area contributed by atoms with Gasteiger partial charge in [0.05, 0.1) is 6.54 Å². The first kappa shape index (κ1) is 15.2. The van der Waals surface area contributed by atoms with Gasteiger partial charge in [0.25, 0.3) is 0 Å². The Morgan fingerprint density at radius 2 is 2.13 bits per heavy atom. The van der Waals surface area contributed by atoms with Gasteiger partial charge in [0.2, 0.25) is 11.8 Å². The molecule has 0 bridgehead atoms.